The van der Waals surface area contributed by atoms with Gasteiger partial charge in [0, 0.05) is 13.0 Å². The minimum absolute atomic E-state index is 0.0638. The number of nitrogens with zero attached hydrogens (tertiary/aromatic N) is 1. The lowest BCUT2D eigenvalue weighted by atomic mass is 9.91. The number of hydrogen-bond donors (Lipinski definition) is 1. The van der Waals surface area contributed by atoms with Gasteiger partial charge in [-0.05, 0) is 30.5 Å². The monoisotopic (exact) mass is 266 g/mol. The van der Waals surface area contributed by atoms with Gasteiger partial charge >= 0.3 is 0 Å². The maximum absolute atomic E-state index is 13.8. The molecule has 0 radical (unpaired) electrons. The van der Waals surface area contributed by atoms with Gasteiger partial charge in [0.05, 0.1) is 5.69 Å². The zero-order valence-corrected chi connectivity index (χ0v) is 11.9. The third-order valence-electron chi connectivity index (χ3n) is 2.71. The van der Waals surface area contributed by atoms with Crippen LogP contribution in [0.4, 0.5) is 10.1 Å². The highest BCUT2D eigenvalue weighted by Gasteiger charge is 2.23. The SMILES string of the molecule is CC(C)(C)CC(=O)N(CCCN)c1ccccc1F. The summed E-state index contributed by atoms with van der Waals surface area (Å²) < 4.78 is 13.8. The number of benzene rings is 1. The van der Waals surface area contributed by atoms with Crippen molar-refractivity contribution in [3.05, 3.63) is 30.1 Å². The van der Waals surface area contributed by atoms with Gasteiger partial charge in [0.1, 0.15) is 5.82 Å². The van der Waals surface area contributed by atoms with Crippen LogP contribution in [0, 0.1) is 11.2 Å². The lowest BCUT2D eigenvalue weighted by molar-refractivity contribution is -0.120. The number of halogens is 1. The highest BCUT2D eigenvalue weighted by atomic mass is 19.1. The second-order valence-corrected chi connectivity index (χ2v) is 5.88. The molecule has 0 fully saturated rings. The van der Waals surface area contributed by atoms with Crippen molar-refractivity contribution in [1.29, 1.82) is 0 Å². The topological polar surface area (TPSA) is 46.3 Å². The van der Waals surface area contributed by atoms with E-state index in [1.54, 1.807) is 18.2 Å². The van der Waals surface area contributed by atoms with Crippen LogP contribution in [0.25, 0.3) is 0 Å². The van der Waals surface area contributed by atoms with Crippen LogP contribution in [0.2, 0.25) is 0 Å². The Kier molecular flexibility index (Phi) is 5.48. The summed E-state index contributed by atoms with van der Waals surface area (Å²) >= 11 is 0. The quantitative estimate of drug-likeness (QED) is 0.890. The predicted octanol–water partition coefficient (Wildman–Crippen LogP) is 2.94. The molecule has 0 aliphatic carbocycles. The van der Waals surface area contributed by atoms with Gasteiger partial charge in [0.25, 0.3) is 0 Å². The Bertz CT molecular complexity index is 426. The second-order valence-electron chi connectivity index (χ2n) is 5.88. The molecule has 19 heavy (non-hydrogen) atoms. The van der Waals surface area contributed by atoms with Crippen molar-refractivity contribution in [3.8, 4) is 0 Å². The average molecular weight is 266 g/mol. The van der Waals surface area contributed by atoms with E-state index in [2.05, 4.69) is 0 Å². The smallest absolute Gasteiger partial charge is 0.227 e. The highest BCUT2D eigenvalue weighted by molar-refractivity contribution is 5.93. The maximum atomic E-state index is 13.8. The minimum atomic E-state index is -0.373. The number of amides is 1. The van der Waals surface area contributed by atoms with E-state index < -0.39 is 0 Å². The van der Waals surface area contributed by atoms with Crippen molar-refractivity contribution in [2.24, 2.45) is 11.1 Å². The summed E-state index contributed by atoms with van der Waals surface area (Å²) in [4.78, 5) is 13.8. The highest BCUT2D eigenvalue weighted by Crippen LogP contribution is 2.25. The molecular formula is C15H23FN2O. The predicted molar refractivity (Wildman–Crippen MR) is 76.5 cm³/mol. The Labute approximate surface area is 114 Å². The zero-order valence-electron chi connectivity index (χ0n) is 11.9. The van der Waals surface area contributed by atoms with Crippen LogP contribution in [0.15, 0.2) is 24.3 Å². The fourth-order valence-corrected chi connectivity index (χ4v) is 1.85. The summed E-state index contributed by atoms with van der Waals surface area (Å²) in [5.41, 5.74) is 5.71. The van der Waals surface area contributed by atoms with E-state index in [4.69, 9.17) is 5.73 Å². The van der Waals surface area contributed by atoms with Crippen LogP contribution in [0.1, 0.15) is 33.6 Å². The van der Waals surface area contributed by atoms with E-state index in [-0.39, 0.29) is 17.1 Å². The molecule has 1 amide bonds. The summed E-state index contributed by atoms with van der Waals surface area (Å²) in [6.45, 7) is 6.91. The molecule has 106 valence electrons. The molecule has 0 aliphatic rings. The Morgan fingerprint density at radius 2 is 1.95 bits per heavy atom. The Hall–Kier alpha value is -1.42. The summed E-state index contributed by atoms with van der Waals surface area (Å²) in [6.07, 6.45) is 1.04. The van der Waals surface area contributed by atoms with Crippen molar-refractivity contribution in [3.63, 3.8) is 0 Å². The fraction of sp³-hybridized carbons (Fsp3) is 0.533. The molecule has 2 N–H and O–H groups in total. The number of carbonyl (C=O) groups excluding carboxylic acids is 1. The van der Waals surface area contributed by atoms with E-state index in [0.29, 0.717) is 31.6 Å². The minimum Gasteiger partial charge on any atom is -0.330 e. The van der Waals surface area contributed by atoms with Gasteiger partial charge in [-0.25, -0.2) is 4.39 Å². The second kappa shape index (κ2) is 6.66. The van der Waals surface area contributed by atoms with Gasteiger partial charge in [0.15, 0.2) is 0 Å². The van der Waals surface area contributed by atoms with Gasteiger partial charge in [-0.1, -0.05) is 32.9 Å². The van der Waals surface area contributed by atoms with Gasteiger partial charge in [-0.3, -0.25) is 4.79 Å². The van der Waals surface area contributed by atoms with Gasteiger partial charge < -0.3 is 10.6 Å². The Morgan fingerprint density at radius 3 is 2.47 bits per heavy atom. The molecule has 0 saturated carbocycles. The lowest BCUT2D eigenvalue weighted by Gasteiger charge is -2.27. The molecular weight excluding hydrogens is 243 g/mol. The first kappa shape index (κ1) is 15.6. The molecule has 3 nitrogen and oxygen atoms in total. The average Bonchev–Trinajstić information content (AvgIpc) is 2.29. The Balaban J connectivity index is 2.95. The first-order chi connectivity index (χ1) is 8.85. The van der Waals surface area contributed by atoms with Gasteiger partial charge in [-0.15, -0.1) is 0 Å². The summed E-state index contributed by atoms with van der Waals surface area (Å²) in [7, 11) is 0. The molecule has 0 spiro atoms. The number of para-hydroxylation sites is 1. The van der Waals surface area contributed by atoms with Crippen LogP contribution < -0.4 is 10.6 Å². The number of rotatable bonds is 5. The largest absolute Gasteiger partial charge is 0.330 e. The summed E-state index contributed by atoms with van der Waals surface area (Å²) in [5, 5.41) is 0. The van der Waals surface area contributed by atoms with Crippen LogP contribution in [0.3, 0.4) is 0 Å². The maximum Gasteiger partial charge on any atom is 0.227 e. The number of nitrogens with two attached hydrogens (primary N) is 1. The van der Waals surface area contributed by atoms with E-state index in [0.717, 1.165) is 0 Å². The van der Waals surface area contributed by atoms with Gasteiger partial charge in [0.2, 0.25) is 5.91 Å². The number of hydrogen-bond acceptors (Lipinski definition) is 2. The molecule has 4 heteroatoms. The molecule has 0 heterocycles. The number of carbonyl (C=O) groups is 1. The van der Waals surface area contributed by atoms with Crippen molar-refractivity contribution in [2.45, 2.75) is 33.6 Å². The molecule has 0 aromatic heterocycles. The normalized spacial score (nSPS) is 11.4. The van der Waals surface area contributed by atoms with Crippen LogP contribution in [-0.2, 0) is 4.79 Å². The van der Waals surface area contributed by atoms with Crippen molar-refractivity contribution in [2.75, 3.05) is 18.0 Å². The molecule has 0 bridgehead atoms. The molecule has 0 atom stereocenters. The standard InChI is InChI=1S/C15H23FN2O/c1-15(2,3)11-14(19)18(10-6-9-17)13-8-5-4-7-12(13)16/h4-5,7-8H,6,9-11,17H2,1-3H3. The van der Waals surface area contributed by atoms with Gasteiger partial charge in [-0.2, -0.15) is 0 Å². The lowest BCUT2D eigenvalue weighted by Crippen LogP contribution is -2.35. The van der Waals surface area contributed by atoms with Crippen molar-refractivity contribution >= 4 is 11.6 Å². The van der Waals surface area contributed by atoms with Crippen LogP contribution in [0.5, 0.6) is 0 Å². The first-order valence-electron chi connectivity index (χ1n) is 6.60. The molecule has 0 saturated heterocycles. The molecule has 1 aromatic carbocycles. The van der Waals surface area contributed by atoms with Crippen molar-refractivity contribution < 1.29 is 9.18 Å². The Morgan fingerprint density at radius 1 is 1.32 bits per heavy atom. The first-order valence-corrected chi connectivity index (χ1v) is 6.60. The van der Waals surface area contributed by atoms with E-state index in [1.807, 2.05) is 20.8 Å². The molecule has 0 aliphatic heterocycles. The fourth-order valence-electron chi connectivity index (χ4n) is 1.85. The summed E-state index contributed by atoms with van der Waals surface area (Å²) in [5.74, 6) is -0.437. The summed E-state index contributed by atoms with van der Waals surface area (Å²) in [6, 6.07) is 6.36. The molecule has 0 unspecified atom stereocenters. The zero-order chi connectivity index (χ0) is 14.5. The van der Waals surface area contributed by atoms with Crippen molar-refractivity contribution in [1.82, 2.24) is 0 Å². The van der Waals surface area contributed by atoms with Crippen LogP contribution in [-0.4, -0.2) is 19.0 Å². The van der Waals surface area contributed by atoms with E-state index in [1.165, 1.54) is 11.0 Å². The number of anilines is 1. The molecule has 1 aromatic rings. The third-order valence-corrected chi connectivity index (χ3v) is 2.71. The molecule has 1 rings (SSSR count). The van der Waals surface area contributed by atoms with E-state index >= 15 is 0 Å². The van der Waals surface area contributed by atoms with E-state index in [9.17, 15) is 9.18 Å². The van der Waals surface area contributed by atoms with Crippen LogP contribution >= 0.6 is 0 Å². The third kappa shape index (κ3) is 4.99.